The first-order chi connectivity index (χ1) is 41.4. The lowest BCUT2D eigenvalue weighted by Gasteiger charge is -2.33. The Bertz CT molecular complexity index is 1450. The minimum atomic E-state index is -3.79. The van der Waals surface area contributed by atoms with E-state index in [1.807, 2.05) is 0 Å². The summed E-state index contributed by atoms with van der Waals surface area (Å²) in [7, 11) is 0. The standard InChI is InChI=1S/C57H110O12.C10H22O7/c1-3-5-7-9-11-13-15-17-19-21-26-30-34-38-42-46-53(59)67-49-51(69-55(61)48-44-40-36-32-28-22-20-18-16-14-12-10-8-6-4-2)50-68-54(60)47-43-39-35-31-27-24-23-25-29-33-37-41-45-52(58)56(62,63)57(64,65)66;11-1-9(2-12,3-13)7-17-8-10(4-14,5-15)6-16/h51-52,58,62-66H,3-50H2,1-2H3;11-16H,1-8H2. The van der Waals surface area contributed by atoms with Gasteiger partial charge in [-0.05, 0) is 25.7 Å². The molecule has 0 bridgehead atoms. The molecule has 19 heteroatoms. The zero-order valence-electron chi connectivity index (χ0n) is 54.5. The molecular weight excluding hydrogens is 1110 g/mol. The largest absolute Gasteiger partial charge is 0.462 e. The average molecular weight is 1240 g/mol. The predicted octanol–water partition coefficient (Wildman–Crippen LogP) is 10.6. The molecule has 0 aromatic heterocycles. The number of aliphatic hydroxyl groups excluding tert-OH is 7. The SMILES string of the molecule is CCCCCCCCCCCCCCCCCC(=O)OCC(COC(=O)CCCCCCCCCCCCCCC(O)C(O)(O)C(O)(O)O)OC(=O)CCCCCCCCCCCCCCCCC.OCC(CO)(CO)COCC(CO)(CO)CO. The molecule has 0 saturated heterocycles. The highest BCUT2D eigenvalue weighted by atomic mass is 16.7. The molecule has 0 aliphatic heterocycles. The zero-order chi connectivity index (χ0) is 64.3. The number of esters is 3. The number of carbonyl (C=O) groups is 3. The quantitative estimate of drug-likeness (QED) is 0.0117. The second-order valence-corrected chi connectivity index (χ2v) is 25.0. The summed E-state index contributed by atoms with van der Waals surface area (Å²) in [6.07, 6.45) is 47.0. The van der Waals surface area contributed by atoms with Gasteiger partial charge in [-0.15, -0.1) is 0 Å². The van der Waals surface area contributed by atoms with E-state index in [0.717, 1.165) is 109 Å². The van der Waals surface area contributed by atoms with Gasteiger partial charge in [0.15, 0.2) is 6.10 Å². The van der Waals surface area contributed by atoms with Crippen LogP contribution in [0.1, 0.15) is 309 Å². The molecule has 0 amide bonds. The molecule has 0 aliphatic rings. The van der Waals surface area contributed by atoms with Crippen molar-refractivity contribution in [3.05, 3.63) is 0 Å². The van der Waals surface area contributed by atoms with Crippen LogP contribution >= 0.6 is 0 Å². The first-order valence-electron chi connectivity index (χ1n) is 34.5. The molecule has 0 spiro atoms. The van der Waals surface area contributed by atoms with Crippen LogP contribution in [0.15, 0.2) is 0 Å². The van der Waals surface area contributed by atoms with E-state index in [1.165, 1.54) is 154 Å². The van der Waals surface area contributed by atoms with Crippen molar-refractivity contribution < 1.29 is 94.6 Å². The molecule has 0 saturated carbocycles. The Morgan fingerprint density at radius 2 is 0.570 bits per heavy atom. The second-order valence-electron chi connectivity index (χ2n) is 25.0. The third-order valence-corrected chi connectivity index (χ3v) is 16.5. The van der Waals surface area contributed by atoms with E-state index in [0.29, 0.717) is 19.3 Å². The van der Waals surface area contributed by atoms with E-state index in [-0.39, 0.29) is 57.2 Å². The van der Waals surface area contributed by atoms with Crippen LogP contribution in [0.2, 0.25) is 0 Å². The molecule has 514 valence electrons. The van der Waals surface area contributed by atoms with Crippen LogP contribution in [0.4, 0.5) is 0 Å². The Balaban J connectivity index is 0. The number of aliphatic hydroxyl groups is 12. The number of rotatable bonds is 64. The van der Waals surface area contributed by atoms with E-state index in [2.05, 4.69) is 13.8 Å². The summed E-state index contributed by atoms with van der Waals surface area (Å²) < 4.78 is 21.9. The van der Waals surface area contributed by atoms with Crippen LogP contribution in [-0.4, -0.2) is 169 Å². The lowest BCUT2D eigenvalue weighted by atomic mass is 9.91. The molecule has 12 N–H and O–H groups in total. The summed E-state index contributed by atoms with van der Waals surface area (Å²) in [5.41, 5.74) is -2.32. The maximum absolute atomic E-state index is 12.8. The molecule has 86 heavy (non-hydrogen) atoms. The number of hydrogen-bond donors (Lipinski definition) is 12. The monoisotopic (exact) mass is 1240 g/mol. The number of hydrogen-bond acceptors (Lipinski definition) is 19. The van der Waals surface area contributed by atoms with Gasteiger partial charge in [0.2, 0.25) is 0 Å². The van der Waals surface area contributed by atoms with Crippen LogP contribution in [0.25, 0.3) is 0 Å². The molecule has 0 fully saturated rings. The summed E-state index contributed by atoms with van der Waals surface area (Å²) in [6.45, 7) is 1.28. The van der Waals surface area contributed by atoms with Crippen molar-refractivity contribution in [2.45, 2.75) is 333 Å². The van der Waals surface area contributed by atoms with Crippen LogP contribution in [0.5, 0.6) is 0 Å². The number of carbonyl (C=O) groups excluding carboxylic acids is 3. The van der Waals surface area contributed by atoms with Crippen LogP contribution in [0, 0.1) is 10.8 Å². The topological polar surface area (TPSA) is 331 Å². The first kappa shape index (κ1) is 86.0. The Morgan fingerprint density at radius 1 is 0.337 bits per heavy atom. The van der Waals surface area contributed by atoms with Gasteiger partial charge in [0.25, 0.3) is 5.79 Å². The summed E-state index contributed by atoms with van der Waals surface area (Å²) in [6, 6.07) is 0. The molecule has 0 radical (unpaired) electrons. The maximum atomic E-state index is 12.8. The minimum absolute atomic E-state index is 0.0828. The van der Waals surface area contributed by atoms with Gasteiger partial charge in [-0.1, -0.05) is 264 Å². The first-order valence-corrected chi connectivity index (χ1v) is 34.5. The maximum Gasteiger partial charge on any atom is 0.335 e. The molecule has 19 nitrogen and oxygen atoms in total. The smallest absolute Gasteiger partial charge is 0.335 e. The zero-order valence-corrected chi connectivity index (χ0v) is 54.5. The highest BCUT2D eigenvalue weighted by Crippen LogP contribution is 2.24. The Kier molecular flexibility index (Phi) is 59.2. The molecule has 0 heterocycles. The van der Waals surface area contributed by atoms with E-state index in [9.17, 15) is 29.7 Å². The Hall–Kier alpha value is -2.11. The fourth-order valence-electron chi connectivity index (χ4n) is 10.0. The second kappa shape index (κ2) is 59.2. The summed E-state index contributed by atoms with van der Waals surface area (Å²) in [5.74, 6) is -8.20. The molecule has 2 unspecified atom stereocenters. The number of unbranched alkanes of at least 4 members (excludes halogenated alkanes) is 39. The lowest BCUT2D eigenvalue weighted by Crippen LogP contribution is -2.61. The highest BCUT2D eigenvalue weighted by molar-refractivity contribution is 5.71. The van der Waals surface area contributed by atoms with Crippen LogP contribution in [-0.2, 0) is 33.3 Å². The summed E-state index contributed by atoms with van der Waals surface area (Å²) in [4.78, 5) is 38.1. The van der Waals surface area contributed by atoms with Crippen molar-refractivity contribution in [1.82, 2.24) is 0 Å². The van der Waals surface area contributed by atoms with Crippen molar-refractivity contribution in [1.29, 1.82) is 0 Å². The fraction of sp³-hybridized carbons (Fsp3) is 0.955. The van der Waals surface area contributed by atoms with Gasteiger partial charge in [-0.25, -0.2) is 0 Å². The molecule has 0 aliphatic carbocycles. The normalized spacial score (nSPS) is 12.9. The Labute approximate surface area is 520 Å². The van der Waals surface area contributed by atoms with E-state index in [4.69, 9.17) is 64.9 Å². The van der Waals surface area contributed by atoms with Gasteiger partial charge in [0.05, 0.1) is 63.7 Å². The predicted molar refractivity (Wildman–Crippen MR) is 336 cm³/mol. The number of ether oxygens (including phenoxy) is 4. The van der Waals surface area contributed by atoms with Gasteiger partial charge in [-0.2, -0.15) is 0 Å². The summed E-state index contributed by atoms with van der Waals surface area (Å²) in [5, 5.41) is 110. The van der Waals surface area contributed by atoms with E-state index in [1.54, 1.807) is 0 Å². The van der Waals surface area contributed by atoms with E-state index < -0.39 is 74.4 Å². The molecular formula is C67H132O19. The van der Waals surface area contributed by atoms with Crippen molar-refractivity contribution in [2.24, 2.45) is 10.8 Å². The fourth-order valence-corrected chi connectivity index (χ4v) is 10.0. The molecule has 0 aromatic carbocycles. The van der Waals surface area contributed by atoms with Gasteiger partial charge < -0.3 is 80.2 Å². The summed E-state index contributed by atoms with van der Waals surface area (Å²) >= 11 is 0. The van der Waals surface area contributed by atoms with Crippen molar-refractivity contribution >= 4 is 17.9 Å². The Morgan fingerprint density at radius 3 is 0.814 bits per heavy atom. The van der Waals surface area contributed by atoms with Crippen LogP contribution in [0.3, 0.4) is 0 Å². The third kappa shape index (κ3) is 49.6. The van der Waals surface area contributed by atoms with Crippen molar-refractivity contribution in [2.75, 3.05) is 66.1 Å². The minimum Gasteiger partial charge on any atom is -0.462 e. The molecule has 0 rings (SSSR count). The third-order valence-electron chi connectivity index (χ3n) is 16.5. The van der Waals surface area contributed by atoms with Crippen LogP contribution < -0.4 is 0 Å². The van der Waals surface area contributed by atoms with Gasteiger partial charge >= 0.3 is 23.9 Å². The lowest BCUT2D eigenvalue weighted by molar-refractivity contribution is -0.464. The highest BCUT2D eigenvalue weighted by Gasteiger charge is 2.51. The van der Waals surface area contributed by atoms with Crippen molar-refractivity contribution in [3.63, 3.8) is 0 Å². The average Bonchev–Trinajstić information content (AvgIpc) is 2.49. The van der Waals surface area contributed by atoms with Gasteiger partial charge in [-0.3, -0.25) is 14.4 Å². The molecule has 2 atom stereocenters. The van der Waals surface area contributed by atoms with Gasteiger partial charge in [0.1, 0.15) is 19.3 Å². The molecule has 0 aromatic rings. The van der Waals surface area contributed by atoms with Crippen molar-refractivity contribution in [3.8, 4) is 0 Å². The van der Waals surface area contributed by atoms with E-state index >= 15 is 0 Å². The van der Waals surface area contributed by atoms with Gasteiger partial charge in [0, 0.05) is 19.3 Å².